The Morgan fingerprint density at radius 2 is 1.75 bits per heavy atom. The summed E-state index contributed by atoms with van der Waals surface area (Å²) >= 11 is 0. The van der Waals surface area contributed by atoms with Crippen molar-refractivity contribution in [3.8, 4) is 5.75 Å². The number of nitrogens with zero attached hydrogens (tertiary/aromatic N) is 1. The van der Waals surface area contributed by atoms with Gasteiger partial charge < -0.3 is 15.0 Å². The third-order valence-corrected chi connectivity index (χ3v) is 5.82. The van der Waals surface area contributed by atoms with Crippen LogP contribution in [0, 0.1) is 5.82 Å². The highest BCUT2D eigenvalue weighted by atomic mass is 19.1. The zero-order chi connectivity index (χ0) is 20.0. The number of carbonyl (C=O) groups is 1. The molecule has 1 fully saturated rings. The number of hydrogen-bond acceptors (Lipinski definition) is 3. The average molecular weight is 384 g/mol. The fourth-order valence-corrected chi connectivity index (χ4v) is 4.01. The summed E-state index contributed by atoms with van der Waals surface area (Å²) in [6.45, 7) is 0.0224. The first kappa shape index (κ1) is 20.3. The van der Waals surface area contributed by atoms with E-state index < -0.39 is 0 Å². The molecule has 1 amide bonds. The molecule has 3 rings (SSSR count). The predicted molar refractivity (Wildman–Crippen MR) is 109 cm³/mol. The van der Waals surface area contributed by atoms with Crippen molar-refractivity contribution in [2.45, 2.75) is 43.7 Å². The van der Waals surface area contributed by atoms with E-state index in [1.807, 2.05) is 42.5 Å². The second-order valence-electron chi connectivity index (χ2n) is 7.83. The van der Waals surface area contributed by atoms with Crippen molar-refractivity contribution in [2.24, 2.45) is 0 Å². The van der Waals surface area contributed by atoms with Gasteiger partial charge in [-0.1, -0.05) is 36.4 Å². The predicted octanol–water partition coefficient (Wildman–Crippen LogP) is 3.81. The van der Waals surface area contributed by atoms with Crippen LogP contribution in [0.4, 0.5) is 4.39 Å². The van der Waals surface area contributed by atoms with Crippen molar-refractivity contribution in [3.63, 3.8) is 0 Å². The Morgan fingerprint density at radius 1 is 1.11 bits per heavy atom. The molecule has 5 heteroatoms. The Hall–Kier alpha value is -2.40. The normalized spacial score (nSPS) is 22.1. The van der Waals surface area contributed by atoms with Gasteiger partial charge in [0, 0.05) is 11.6 Å². The zero-order valence-electron chi connectivity index (χ0n) is 16.7. The molecule has 28 heavy (non-hydrogen) atoms. The minimum Gasteiger partial charge on any atom is -0.484 e. The van der Waals surface area contributed by atoms with Crippen LogP contribution in [0.25, 0.3) is 0 Å². The SMILES string of the molecule is CN(C)C1(Cc2ccccc2F)CCC(NC(=O)COc2ccccc2)CC1. The summed E-state index contributed by atoms with van der Waals surface area (Å²) in [5.74, 6) is 0.454. The lowest BCUT2D eigenvalue weighted by atomic mass is 9.74. The molecule has 0 radical (unpaired) electrons. The van der Waals surface area contributed by atoms with Crippen LogP contribution >= 0.6 is 0 Å². The highest BCUT2D eigenvalue weighted by molar-refractivity contribution is 5.77. The standard InChI is InChI=1S/C23H29FN2O2/c1-26(2)23(16-18-8-6-7-11-21(18)24)14-12-19(13-15-23)25-22(27)17-28-20-9-4-3-5-10-20/h3-11,19H,12-17H2,1-2H3,(H,25,27). The molecular weight excluding hydrogens is 355 g/mol. The molecule has 0 aromatic heterocycles. The summed E-state index contributed by atoms with van der Waals surface area (Å²) in [6, 6.07) is 16.5. The van der Waals surface area contributed by atoms with Crippen molar-refractivity contribution < 1.29 is 13.9 Å². The molecule has 2 aromatic carbocycles. The topological polar surface area (TPSA) is 41.6 Å². The van der Waals surface area contributed by atoms with Crippen molar-refractivity contribution in [2.75, 3.05) is 20.7 Å². The number of benzene rings is 2. The van der Waals surface area contributed by atoms with E-state index in [0.29, 0.717) is 12.2 Å². The third-order valence-electron chi connectivity index (χ3n) is 5.82. The number of rotatable bonds is 7. The van der Waals surface area contributed by atoms with Crippen molar-refractivity contribution in [3.05, 3.63) is 66.0 Å². The van der Waals surface area contributed by atoms with Crippen LogP contribution in [-0.4, -0.2) is 43.1 Å². The molecule has 0 bridgehead atoms. The lowest BCUT2D eigenvalue weighted by Crippen LogP contribution is -2.52. The van der Waals surface area contributed by atoms with Gasteiger partial charge in [0.05, 0.1) is 0 Å². The first-order valence-electron chi connectivity index (χ1n) is 9.86. The van der Waals surface area contributed by atoms with Crippen LogP contribution in [-0.2, 0) is 11.2 Å². The molecule has 0 unspecified atom stereocenters. The van der Waals surface area contributed by atoms with Gasteiger partial charge in [-0.15, -0.1) is 0 Å². The molecule has 0 heterocycles. The molecule has 0 saturated heterocycles. The third kappa shape index (κ3) is 5.10. The summed E-state index contributed by atoms with van der Waals surface area (Å²) in [5.41, 5.74) is 0.680. The van der Waals surface area contributed by atoms with Gasteiger partial charge in [0.25, 0.3) is 5.91 Å². The van der Waals surface area contributed by atoms with Crippen LogP contribution < -0.4 is 10.1 Å². The van der Waals surface area contributed by atoms with Crippen molar-refractivity contribution >= 4 is 5.91 Å². The summed E-state index contributed by atoms with van der Waals surface area (Å²) in [5, 5.41) is 3.08. The Bertz CT molecular complexity index is 771. The summed E-state index contributed by atoms with van der Waals surface area (Å²) in [6.07, 6.45) is 4.27. The molecule has 0 aliphatic heterocycles. The van der Waals surface area contributed by atoms with Crippen LogP contribution in [0.2, 0.25) is 0 Å². The van der Waals surface area contributed by atoms with E-state index in [9.17, 15) is 9.18 Å². The van der Waals surface area contributed by atoms with Gasteiger partial charge >= 0.3 is 0 Å². The molecule has 0 spiro atoms. The van der Waals surface area contributed by atoms with Gasteiger partial charge in [0.2, 0.25) is 0 Å². The van der Waals surface area contributed by atoms with E-state index in [4.69, 9.17) is 4.74 Å². The van der Waals surface area contributed by atoms with E-state index in [1.165, 1.54) is 6.07 Å². The molecule has 2 aromatic rings. The number of nitrogens with one attached hydrogen (secondary N) is 1. The van der Waals surface area contributed by atoms with Gasteiger partial charge in [-0.25, -0.2) is 4.39 Å². The molecule has 150 valence electrons. The van der Waals surface area contributed by atoms with Crippen LogP contribution in [0.1, 0.15) is 31.2 Å². The Labute approximate surface area is 166 Å². The Balaban J connectivity index is 1.52. The summed E-state index contributed by atoms with van der Waals surface area (Å²) in [7, 11) is 4.13. The van der Waals surface area contributed by atoms with E-state index >= 15 is 0 Å². The second-order valence-corrected chi connectivity index (χ2v) is 7.83. The van der Waals surface area contributed by atoms with E-state index in [2.05, 4.69) is 24.3 Å². The maximum absolute atomic E-state index is 14.2. The smallest absolute Gasteiger partial charge is 0.258 e. The molecule has 0 atom stereocenters. The number of halogens is 1. The van der Waals surface area contributed by atoms with Gasteiger partial charge in [0.1, 0.15) is 11.6 Å². The number of carbonyl (C=O) groups excluding carboxylic acids is 1. The Kier molecular flexibility index (Phi) is 6.68. The number of para-hydroxylation sites is 1. The molecule has 4 nitrogen and oxygen atoms in total. The van der Waals surface area contributed by atoms with E-state index in [0.717, 1.165) is 31.2 Å². The fourth-order valence-electron chi connectivity index (χ4n) is 4.01. The van der Waals surface area contributed by atoms with E-state index in [1.54, 1.807) is 6.07 Å². The number of amides is 1. The second kappa shape index (κ2) is 9.20. The average Bonchev–Trinajstić information content (AvgIpc) is 2.70. The molecular formula is C23H29FN2O2. The van der Waals surface area contributed by atoms with Gasteiger partial charge in [-0.05, 0) is 70.0 Å². The van der Waals surface area contributed by atoms with Crippen LogP contribution in [0.15, 0.2) is 54.6 Å². The number of hydrogen-bond donors (Lipinski definition) is 1. The number of likely N-dealkylation sites (N-methyl/N-ethyl adjacent to an activating group) is 1. The van der Waals surface area contributed by atoms with Crippen LogP contribution in [0.3, 0.4) is 0 Å². The molecule has 1 aliphatic carbocycles. The first-order chi connectivity index (χ1) is 13.5. The van der Waals surface area contributed by atoms with Gasteiger partial charge in [0.15, 0.2) is 6.61 Å². The summed E-state index contributed by atoms with van der Waals surface area (Å²) in [4.78, 5) is 14.4. The lowest BCUT2D eigenvalue weighted by molar-refractivity contribution is -0.124. The highest BCUT2D eigenvalue weighted by Crippen LogP contribution is 2.36. The Morgan fingerprint density at radius 3 is 2.39 bits per heavy atom. The minimum absolute atomic E-state index is 0.0224. The monoisotopic (exact) mass is 384 g/mol. The van der Waals surface area contributed by atoms with Gasteiger partial charge in [-0.2, -0.15) is 0 Å². The first-order valence-corrected chi connectivity index (χ1v) is 9.86. The number of ether oxygens (including phenoxy) is 1. The van der Waals surface area contributed by atoms with E-state index in [-0.39, 0.29) is 29.9 Å². The maximum Gasteiger partial charge on any atom is 0.258 e. The zero-order valence-corrected chi connectivity index (χ0v) is 16.7. The summed E-state index contributed by atoms with van der Waals surface area (Å²) < 4.78 is 19.7. The maximum atomic E-state index is 14.2. The van der Waals surface area contributed by atoms with Crippen molar-refractivity contribution in [1.82, 2.24) is 10.2 Å². The quantitative estimate of drug-likeness (QED) is 0.789. The van der Waals surface area contributed by atoms with Crippen LogP contribution in [0.5, 0.6) is 5.75 Å². The largest absolute Gasteiger partial charge is 0.484 e. The molecule has 1 N–H and O–H groups in total. The lowest BCUT2D eigenvalue weighted by Gasteiger charge is -2.45. The molecule has 1 saturated carbocycles. The fraction of sp³-hybridized carbons (Fsp3) is 0.435. The van der Waals surface area contributed by atoms with Crippen molar-refractivity contribution in [1.29, 1.82) is 0 Å². The highest BCUT2D eigenvalue weighted by Gasteiger charge is 2.38. The van der Waals surface area contributed by atoms with Gasteiger partial charge in [-0.3, -0.25) is 4.79 Å². The molecule has 1 aliphatic rings. The minimum atomic E-state index is -0.141.